The van der Waals surface area contributed by atoms with Gasteiger partial charge in [0.15, 0.2) is 0 Å². The van der Waals surface area contributed by atoms with Crippen LogP contribution in [0.3, 0.4) is 0 Å². The molecule has 2 rings (SSSR count). The van der Waals surface area contributed by atoms with Gasteiger partial charge in [0.1, 0.15) is 5.82 Å². The summed E-state index contributed by atoms with van der Waals surface area (Å²) in [7, 11) is 0. The molecule has 18 heavy (non-hydrogen) atoms. The molecule has 0 amide bonds. The van der Waals surface area contributed by atoms with E-state index < -0.39 is 0 Å². The summed E-state index contributed by atoms with van der Waals surface area (Å²) < 4.78 is 0. The lowest BCUT2D eigenvalue weighted by atomic mass is 10.0. The normalized spacial score (nSPS) is 12.3. The van der Waals surface area contributed by atoms with Gasteiger partial charge in [0, 0.05) is 24.2 Å². The Balaban J connectivity index is 2.44. The van der Waals surface area contributed by atoms with E-state index in [4.69, 9.17) is 17.3 Å². The molecule has 0 radical (unpaired) electrons. The molecule has 4 nitrogen and oxygen atoms in total. The maximum Gasteiger partial charge on any atom is 0.128 e. The van der Waals surface area contributed by atoms with Gasteiger partial charge in [-0.05, 0) is 30.3 Å². The van der Waals surface area contributed by atoms with Gasteiger partial charge >= 0.3 is 0 Å². The van der Waals surface area contributed by atoms with E-state index in [2.05, 4.69) is 15.3 Å². The average Bonchev–Trinajstić information content (AvgIpc) is 2.40. The van der Waals surface area contributed by atoms with Crippen molar-refractivity contribution in [1.29, 1.82) is 0 Å². The minimum atomic E-state index is -0.0239. The van der Waals surface area contributed by atoms with E-state index in [1.807, 2.05) is 25.1 Å². The van der Waals surface area contributed by atoms with Crippen molar-refractivity contribution >= 4 is 17.4 Å². The molecule has 0 saturated heterocycles. The van der Waals surface area contributed by atoms with Crippen LogP contribution in [0.2, 0.25) is 5.02 Å². The Bertz CT molecular complexity index is 516. The molecular formula is C13H15ClN4. The molecule has 0 aromatic carbocycles. The van der Waals surface area contributed by atoms with Crippen LogP contribution in [0.5, 0.6) is 0 Å². The molecule has 0 saturated carbocycles. The molecule has 0 spiro atoms. The SMILES string of the molecule is CCNC(c1ccncc1)c1cc(Cl)cnc1N. The predicted octanol–water partition coefficient (Wildman–Crippen LogP) is 2.41. The molecule has 5 heteroatoms. The summed E-state index contributed by atoms with van der Waals surface area (Å²) in [6.45, 7) is 2.86. The Morgan fingerprint density at radius 3 is 2.78 bits per heavy atom. The number of pyridine rings is 2. The monoisotopic (exact) mass is 262 g/mol. The fraction of sp³-hybridized carbons (Fsp3) is 0.231. The average molecular weight is 263 g/mol. The number of nitrogens with one attached hydrogen (secondary N) is 1. The fourth-order valence-electron chi connectivity index (χ4n) is 1.86. The molecular weight excluding hydrogens is 248 g/mol. The Morgan fingerprint density at radius 1 is 1.39 bits per heavy atom. The van der Waals surface area contributed by atoms with Crippen LogP contribution in [0.4, 0.5) is 5.82 Å². The van der Waals surface area contributed by atoms with Crippen LogP contribution in [0.1, 0.15) is 24.1 Å². The summed E-state index contributed by atoms with van der Waals surface area (Å²) in [4.78, 5) is 8.12. The zero-order chi connectivity index (χ0) is 13.0. The number of rotatable bonds is 4. The first-order valence-corrected chi connectivity index (χ1v) is 6.14. The summed E-state index contributed by atoms with van der Waals surface area (Å²) in [5.74, 6) is 0.488. The minimum absolute atomic E-state index is 0.0239. The Labute approximate surface area is 111 Å². The third kappa shape index (κ3) is 2.78. The van der Waals surface area contributed by atoms with E-state index in [1.54, 1.807) is 18.6 Å². The van der Waals surface area contributed by atoms with Crippen molar-refractivity contribution < 1.29 is 0 Å². The van der Waals surface area contributed by atoms with Crippen LogP contribution in [0.15, 0.2) is 36.8 Å². The second kappa shape index (κ2) is 5.80. The molecule has 0 fully saturated rings. The number of hydrogen-bond donors (Lipinski definition) is 2. The van der Waals surface area contributed by atoms with E-state index in [0.717, 1.165) is 17.7 Å². The summed E-state index contributed by atoms with van der Waals surface area (Å²) in [6.07, 6.45) is 5.07. The highest BCUT2D eigenvalue weighted by molar-refractivity contribution is 6.30. The fourth-order valence-corrected chi connectivity index (χ4v) is 2.03. The standard InChI is InChI=1S/C13H15ClN4/c1-2-17-12(9-3-5-16-6-4-9)11-7-10(14)8-18-13(11)15/h3-8,12,17H,2H2,1H3,(H2,15,18). The van der Waals surface area contributed by atoms with Crippen molar-refractivity contribution in [1.82, 2.24) is 15.3 Å². The third-order valence-electron chi connectivity index (χ3n) is 2.67. The van der Waals surface area contributed by atoms with E-state index in [9.17, 15) is 0 Å². The molecule has 1 unspecified atom stereocenters. The van der Waals surface area contributed by atoms with Gasteiger partial charge in [0.05, 0.1) is 11.1 Å². The molecule has 2 aromatic heterocycles. The second-order valence-corrected chi connectivity index (χ2v) is 4.34. The summed E-state index contributed by atoms with van der Waals surface area (Å²) in [5, 5.41) is 3.96. The molecule has 0 bridgehead atoms. The van der Waals surface area contributed by atoms with Gasteiger partial charge in [-0.1, -0.05) is 18.5 Å². The first kappa shape index (κ1) is 12.8. The van der Waals surface area contributed by atoms with Crippen molar-refractivity contribution in [2.24, 2.45) is 0 Å². The van der Waals surface area contributed by atoms with Gasteiger partial charge < -0.3 is 11.1 Å². The zero-order valence-electron chi connectivity index (χ0n) is 10.1. The van der Waals surface area contributed by atoms with Gasteiger partial charge in [-0.25, -0.2) is 4.98 Å². The van der Waals surface area contributed by atoms with Crippen molar-refractivity contribution in [2.75, 3.05) is 12.3 Å². The van der Waals surface area contributed by atoms with Crippen LogP contribution >= 0.6 is 11.6 Å². The van der Waals surface area contributed by atoms with Crippen molar-refractivity contribution in [3.8, 4) is 0 Å². The maximum absolute atomic E-state index is 5.99. The second-order valence-electron chi connectivity index (χ2n) is 3.90. The highest BCUT2D eigenvalue weighted by Crippen LogP contribution is 2.27. The van der Waals surface area contributed by atoms with E-state index in [1.165, 1.54) is 0 Å². The summed E-state index contributed by atoms with van der Waals surface area (Å²) in [5.41, 5.74) is 7.90. The zero-order valence-corrected chi connectivity index (χ0v) is 10.9. The number of anilines is 1. The molecule has 3 N–H and O–H groups in total. The summed E-state index contributed by atoms with van der Waals surface area (Å²) >= 11 is 5.99. The molecule has 1 atom stereocenters. The quantitative estimate of drug-likeness (QED) is 0.888. The van der Waals surface area contributed by atoms with Gasteiger partial charge in [-0.2, -0.15) is 0 Å². The predicted molar refractivity (Wildman–Crippen MR) is 73.4 cm³/mol. The highest BCUT2D eigenvalue weighted by Gasteiger charge is 2.16. The molecule has 0 aliphatic rings. The van der Waals surface area contributed by atoms with Crippen molar-refractivity contribution in [3.63, 3.8) is 0 Å². The number of halogens is 1. The molecule has 0 aliphatic heterocycles. The van der Waals surface area contributed by atoms with Crippen molar-refractivity contribution in [2.45, 2.75) is 13.0 Å². The number of nitrogens with two attached hydrogens (primary N) is 1. The number of nitrogen functional groups attached to an aromatic ring is 1. The van der Waals surface area contributed by atoms with Gasteiger partial charge in [-0.15, -0.1) is 0 Å². The number of aromatic nitrogens is 2. The van der Waals surface area contributed by atoms with Gasteiger partial charge in [0.25, 0.3) is 0 Å². The molecule has 0 aliphatic carbocycles. The highest BCUT2D eigenvalue weighted by atomic mass is 35.5. The minimum Gasteiger partial charge on any atom is -0.383 e. The Hall–Kier alpha value is -1.65. The molecule has 2 heterocycles. The largest absolute Gasteiger partial charge is 0.383 e. The lowest BCUT2D eigenvalue weighted by Crippen LogP contribution is -2.23. The van der Waals surface area contributed by atoms with Crippen molar-refractivity contribution in [3.05, 3.63) is 52.9 Å². The number of hydrogen-bond acceptors (Lipinski definition) is 4. The van der Waals surface area contributed by atoms with Gasteiger partial charge in [-0.3, -0.25) is 4.98 Å². The lowest BCUT2D eigenvalue weighted by Gasteiger charge is -2.20. The Morgan fingerprint density at radius 2 is 2.11 bits per heavy atom. The van der Waals surface area contributed by atoms with Crippen LogP contribution in [0.25, 0.3) is 0 Å². The maximum atomic E-state index is 5.99. The smallest absolute Gasteiger partial charge is 0.128 e. The topological polar surface area (TPSA) is 63.8 Å². The molecule has 94 valence electrons. The van der Waals surface area contributed by atoms with Crippen LogP contribution in [-0.4, -0.2) is 16.5 Å². The van der Waals surface area contributed by atoms with Crippen LogP contribution in [0, 0.1) is 0 Å². The van der Waals surface area contributed by atoms with E-state index in [0.29, 0.717) is 10.8 Å². The Kier molecular flexibility index (Phi) is 4.12. The van der Waals surface area contributed by atoms with Gasteiger partial charge in [0.2, 0.25) is 0 Å². The first-order chi connectivity index (χ1) is 8.72. The molecule has 2 aromatic rings. The van der Waals surface area contributed by atoms with Crippen LogP contribution in [-0.2, 0) is 0 Å². The van der Waals surface area contributed by atoms with Crippen LogP contribution < -0.4 is 11.1 Å². The van der Waals surface area contributed by atoms with E-state index >= 15 is 0 Å². The first-order valence-electron chi connectivity index (χ1n) is 5.76. The third-order valence-corrected chi connectivity index (χ3v) is 2.88. The number of nitrogens with zero attached hydrogens (tertiary/aromatic N) is 2. The summed E-state index contributed by atoms with van der Waals surface area (Å²) in [6, 6.07) is 5.73. The lowest BCUT2D eigenvalue weighted by molar-refractivity contribution is 0.630. The van der Waals surface area contributed by atoms with E-state index in [-0.39, 0.29) is 6.04 Å².